The van der Waals surface area contributed by atoms with Crippen LogP contribution in [0.4, 0.5) is 21.8 Å². The molecule has 1 heterocycles. The fourth-order valence-corrected chi connectivity index (χ4v) is 2.83. The summed E-state index contributed by atoms with van der Waals surface area (Å²) in [6.07, 6.45) is 9.30. The quantitative estimate of drug-likeness (QED) is 0.817. The first kappa shape index (κ1) is 14.8. The zero-order chi connectivity index (χ0) is 15.2. The van der Waals surface area contributed by atoms with Crippen molar-refractivity contribution in [2.75, 3.05) is 10.6 Å². The fourth-order valence-electron chi connectivity index (χ4n) is 2.83. The van der Waals surface area contributed by atoms with Crippen LogP contribution in [0.15, 0.2) is 36.5 Å². The van der Waals surface area contributed by atoms with E-state index in [0.29, 0.717) is 17.7 Å². The minimum absolute atomic E-state index is 0.280. The van der Waals surface area contributed by atoms with E-state index in [1.807, 2.05) is 6.07 Å². The Morgan fingerprint density at radius 1 is 1.05 bits per heavy atom. The maximum absolute atomic E-state index is 13.2. The van der Waals surface area contributed by atoms with Gasteiger partial charge in [0.2, 0.25) is 5.95 Å². The van der Waals surface area contributed by atoms with Gasteiger partial charge in [0.1, 0.15) is 11.6 Å². The number of hydrogen-bond acceptors (Lipinski definition) is 4. The normalized spacial score (nSPS) is 16.0. The summed E-state index contributed by atoms with van der Waals surface area (Å²) in [5.41, 5.74) is 0.645. The first-order valence-electron chi connectivity index (χ1n) is 7.92. The van der Waals surface area contributed by atoms with E-state index in [2.05, 4.69) is 20.6 Å². The van der Waals surface area contributed by atoms with Gasteiger partial charge in [-0.3, -0.25) is 0 Å². The highest BCUT2D eigenvalue weighted by Crippen LogP contribution is 2.21. The molecule has 0 atom stereocenters. The molecule has 1 fully saturated rings. The number of nitrogens with zero attached hydrogens (tertiary/aromatic N) is 2. The van der Waals surface area contributed by atoms with Crippen LogP contribution in [0, 0.1) is 5.82 Å². The van der Waals surface area contributed by atoms with Crippen LogP contribution < -0.4 is 10.6 Å². The maximum atomic E-state index is 13.2. The van der Waals surface area contributed by atoms with E-state index in [-0.39, 0.29) is 5.82 Å². The molecule has 0 unspecified atom stereocenters. The van der Waals surface area contributed by atoms with Crippen molar-refractivity contribution >= 4 is 17.5 Å². The van der Waals surface area contributed by atoms with Crippen LogP contribution in [0.3, 0.4) is 0 Å². The topological polar surface area (TPSA) is 49.8 Å². The van der Waals surface area contributed by atoms with Gasteiger partial charge >= 0.3 is 0 Å². The molecule has 0 radical (unpaired) electrons. The predicted octanol–water partition coefficient (Wildman–Crippen LogP) is 4.49. The van der Waals surface area contributed by atoms with Gasteiger partial charge in [-0.25, -0.2) is 9.37 Å². The van der Waals surface area contributed by atoms with Crippen LogP contribution in [0.5, 0.6) is 0 Å². The smallest absolute Gasteiger partial charge is 0.229 e. The molecule has 1 aromatic carbocycles. The van der Waals surface area contributed by atoms with E-state index < -0.39 is 0 Å². The molecular formula is C17H21FN4. The summed E-state index contributed by atoms with van der Waals surface area (Å²) in [7, 11) is 0. The summed E-state index contributed by atoms with van der Waals surface area (Å²) in [5.74, 6) is 1.02. The minimum Gasteiger partial charge on any atom is -0.367 e. The lowest BCUT2D eigenvalue weighted by atomic mass is 10.1. The van der Waals surface area contributed by atoms with E-state index in [0.717, 1.165) is 5.82 Å². The van der Waals surface area contributed by atoms with Crippen LogP contribution >= 0.6 is 0 Å². The Labute approximate surface area is 130 Å². The Kier molecular flexibility index (Phi) is 4.83. The van der Waals surface area contributed by atoms with Gasteiger partial charge in [0.05, 0.1) is 0 Å². The maximum Gasteiger partial charge on any atom is 0.229 e. The first-order chi connectivity index (χ1) is 10.8. The molecule has 0 aliphatic heterocycles. The van der Waals surface area contributed by atoms with E-state index in [1.165, 1.54) is 50.7 Å². The number of nitrogens with one attached hydrogen (secondary N) is 2. The third kappa shape index (κ3) is 4.16. The van der Waals surface area contributed by atoms with Crippen LogP contribution in [0.25, 0.3) is 0 Å². The zero-order valence-electron chi connectivity index (χ0n) is 12.6. The molecule has 22 heavy (non-hydrogen) atoms. The van der Waals surface area contributed by atoms with Gasteiger partial charge in [-0.05, 0) is 37.1 Å². The van der Waals surface area contributed by atoms with Gasteiger partial charge in [0.15, 0.2) is 0 Å². The second-order valence-electron chi connectivity index (χ2n) is 5.73. The van der Waals surface area contributed by atoms with Crippen LogP contribution in [0.1, 0.15) is 38.5 Å². The summed E-state index contributed by atoms with van der Waals surface area (Å²) in [6, 6.07) is 8.65. The molecule has 3 rings (SSSR count). The molecule has 0 saturated heterocycles. The minimum atomic E-state index is -0.280. The molecule has 0 bridgehead atoms. The number of anilines is 3. The van der Waals surface area contributed by atoms with Crippen molar-refractivity contribution in [2.45, 2.75) is 44.6 Å². The molecule has 116 valence electrons. The molecule has 5 heteroatoms. The van der Waals surface area contributed by atoms with Crippen molar-refractivity contribution < 1.29 is 4.39 Å². The third-order valence-electron chi connectivity index (χ3n) is 3.94. The molecule has 1 aromatic heterocycles. The summed E-state index contributed by atoms with van der Waals surface area (Å²) in [4.78, 5) is 8.66. The van der Waals surface area contributed by atoms with Gasteiger partial charge in [-0.1, -0.05) is 31.7 Å². The monoisotopic (exact) mass is 300 g/mol. The van der Waals surface area contributed by atoms with Gasteiger partial charge in [0, 0.05) is 17.9 Å². The molecule has 1 aliphatic rings. The molecule has 0 amide bonds. The lowest BCUT2D eigenvalue weighted by Crippen LogP contribution is -2.19. The van der Waals surface area contributed by atoms with Crippen LogP contribution in [-0.2, 0) is 0 Å². The highest BCUT2D eigenvalue weighted by molar-refractivity contribution is 5.54. The van der Waals surface area contributed by atoms with Gasteiger partial charge in [-0.15, -0.1) is 0 Å². The Hall–Kier alpha value is -2.17. The fraction of sp³-hybridized carbons (Fsp3) is 0.412. The average Bonchev–Trinajstić information content (AvgIpc) is 2.76. The number of hydrogen-bond donors (Lipinski definition) is 2. The van der Waals surface area contributed by atoms with Crippen molar-refractivity contribution in [1.82, 2.24) is 9.97 Å². The third-order valence-corrected chi connectivity index (χ3v) is 3.94. The summed E-state index contributed by atoms with van der Waals surface area (Å²) < 4.78 is 13.2. The number of benzene rings is 1. The molecule has 1 aliphatic carbocycles. The predicted molar refractivity (Wildman–Crippen MR) is 86.8 cm³/mol. The van der Waals surface area contributed by atoms with Crippen molar-refractivity contribution in [3.63, 3.8) is 0 Å². The highest BCUT2D eigenvalue weighted by Gasteiger charge is 2.12. The standard InChI is InChI=1S/C17H21FN4/c18-13-6-5-9-15(12-13)21-17-19-11-10-16(22-17)20-14-7-3-1-2-4-8-14/h5-6,9-12,14H,1-4,7-8H2,(H2,19,20,21,22). The number of aromatic nitrogens is 2. The van der Waals surface area contributed by atoms with Crippen LogP contribution in [0.2, 0.25) is 0 Å². The number of rotatable bonds is 4. The molecule has 4 nitrogen and oxygen atoms in total. The van der Waals surface area contributed by atoms with Gasteiger partial charge < -0.3 is 10.6 Å². The summed E-state index contributed by atoms with van der Waals surface area (Å²) in [5, 5.41) is 6.53. The Balaban J connectivity index is 1.66. The van der Waals surface area contributed by atoms with Gasteiger partial charge in [-0.2, -0.15) is 4.98 Å². The van der Waals surface area contributed by atoms with E-state index in [9.17, 15) is 4.39 Å². The van der Waals surface area contributed by atoms with Gasteiger partial charge in [0.25, 0.3) is 0 Å². The molecule has 2 N–H and O–H groups in total. The molecule has 2 aromatic rings. The van der Waals surface area contributed by atoms with Crippen molar-refractivity contribution in [3.05, 3.63) is 42.3 Å². The van der Waals surface area contributed by atoms with Crippen molar-refractivity contribution in [2.24, 2.45) is 0 Å². The average molecular weight is 300 g/mol. The van der Waals surface area contributed by atoms with Crippen molar-refractivity contribution in [3.8, 4) is 0 Å². The van der Waals surface area contributed by atoms with E-state index in [1.54, 1.807) is 18.3 Å². The zero-order valence-corrected chi connectivity index (χ0v) is 12.6. The van der Waals surface area contributed by atoms with Crippen molar-refractivity contribution in [1.29, 1.82) is 0 Å². The SMILES string of the molecule is Fc1cccc(Nc2nccc(NC3CCCCCC3)n2)c1. The highest BCUT2D eigenvalue weighted by atomic mass is 19.1. The Bertz CT molecular complexity index is 609. The number of halogens is 1. The first-order valence-corrected chi connectivity index (χ1v) is 7.92. The van der Waals surface area contributed by atoms with E-state index in [4.69, 9.17) is 0 Å². The second-order valence-corrected chi connectivity index (χ2v) is 5.73. The molecule has 1 saturated carbocycles. The molecular weight excluding hydrogens is 279 g/mol. The summed E-state index contributed by atoms with van der Waals surface area (Å²) >= 11 is 0. The lowest BCUT2D eigenvalue weighted by Gasteiger charge is -2.17. The molecule has 0 spiro atoms. The summed E-state index contributed by atoms with van der Waals surface area (Å²) in [6.45, 7) is 0. The Morgan fingerprint density at radius 3 is 2.64 bits per heavy atom. The van der Waals surface area contributed by atoms with Crippen LogP contribution in [-0.4, -0.2) is 16.0 Å². The van der Waals surface area contributed by atoms with E-state index >= 15 is 0 Å². The second kappa shape index (κ2) is 7.20. The largest absolute Gasteiger partial charge is 0.367 e. The Morgan fingerprint density at radius 2 is 1.86 bits per heavy atom. The lowest BCUT2D eigenvalue weighted by molar-refractivity contribution is 0.617.